The molecular weight excluding hydrogens is 368 g/mol. The molecule has 7 nitrogen and oxygen atoms in total. The van der Waals surface area contributed by atoms with Gasteiger partial charge in [0.2, 0.25) is 0 Å². The number of benzene rings is 1. The van der Waals surface area contributed by atoms with E-state index >= 15 is 0 Å². The zero-order chi connectivity index (χ0) is 18.2. The zero-order valence-electron chi connectivity index (χ0n) is 13.1. The van der Waals surface area contributed by atoms with Gasteiger partial charge < -0.3 is 10.1 Å². The quantitative estimate of drug-likeness (QED) is 0.425. The molecule has 0 aliphatic carbocycles. The van der Waals surface area contributed by atoms with Crippen molar-refractivity contribution in [3.63, 3.8) is 0 Å². The fraction of sp³-hybridized carbons (Fsp3) is 0.250. The maximum atomic E-state index is 11.8. The van der Waals surface area contributed by atoms with Gasteiger partial charge in [-0.1, -0.05) is 17.7 Å². The molecule has 1 N–H and O–H groups in total. The van der Waals surface area contributed by atoms with Gasteiger partial charge in [0.1, 0.15) is 5.02 Å². The second-order valence-electron chi connectivity index (χ2n) is 5.07. The number of ether oxygens (including phenoxy) is 1. The number of nitro benzene ring substituents is 1. The molecular formula is C16H15ClN2O5S. The number of hydrogen-bond acceptors (Lipinski definition) is 6. The number of rotatable bonds is 8. The third-order valence-corrected chi connectivity index (χ3v) is 4.43. The van der Waals surface area contributed by atoms with Crippen LogP contribution in [0.4, 0.5) is 11.4 Å². The topological polar surface area (TPSA) is 98.5 Å². The zero-order valence-corrected chi connectivity index (χ0v) is 14.6. The van der Waals surface area contributed by atoms with Crippen molar-refractivity contribution in [1.82, 2.24) is 0 Å². The van der Waals surface area contributed by atoms with E-state index in [-0.39, 0.29) is 22.8 Å². The van der Waals surface area contributed by atoms with E-state index in [9.17, 15) is 19.7 Å². The molecule has 0 saturated carbocycles. The molecule has 1 aromatic carbocycles. The number of hydrogen-bond donors (Lipinski definition) is 1. The number of anilines is 1. The first kappa shape index (κ1) is 18.9. The standard InChI is InChI=1S/C16H15ClN2O5S/c17-13-7-6-11(9-14(13)19(22)23)18-15(20)10-24-16(21)5-1-3-12-4-2-8-25-12/h2,4,6-9H,1,3,5,10H2,(H,18,20). The largest absolute Gasteiger partial charge is 0.456 e. The molecule has 0 atom stereocenters. The highest BCUT2D eigenvalue weighted by atomic mass is 35.5. The summed E-state index contributed by atoms with van der Waals surface area (Å²) in [6.07, 6.45) is 1.65. The fourth-order valence-corrected chi connectivity index (χ4v) is 2.95. The van der Waals surface area contributed by atoms with Gasteiger partial charge in [0.05, 0.1) is 4.92 Å². The summed E-state index contributed by atoms with van der Waals surface area (Å²) in [7, 11) is 0. The maximum absolute atomic E-state index is 11.8. The van der Waals surface area contributed by atoms with Crippen LogP contribution in [0.5, 0.6) is 0 Å². The summed E-state index contributed by atoms with van der Waals surface area (Å²) in [5.74, 6) is -1.04. The molecule has 1 aromatic heterocycles. The van der Waals surface area contributed by atoms with E-state index in [1.54, 1.807) is 11.3 Å². The molecule has 0 radical (unpaired) electrons. The average molecular weight is 383 g/mol. The Kier molecular flexibility index (Phi) is 6.91. The maximum Gasteiger partial charge on any atom is 0.306 e. The van der Waals surface area contributed by atoms with Crippen LogP contribution in [0.25, 0.3) is 0 Å². The van der Waals surface area contributed by atoms with Gasteiger partial charge in [0.15, 0.2) is 6.61 Å². The third kappa shape index (κ3) is 6.17. The molecule has 2 rings (SSSR count). The second kappa shape index (κ2) is 9.14. The highest BCUT2D eigenvalue weighted by Crippen LogP contribution is 2.27. The van der Waals surface area contributed by atoms with Crippen LogP contribution in [-0.4, -0.2) is 23.4 Å². The molecule has 0 spiro atoms. The van der Waals surface area contributed by atoms with Gasteiger partial charge in [-0.15, -0.1) is 11.3 Å². The molecule has 0 bridgehead atoms. The lowest BCUT2D eigenvalue weighted by molar-refractivity contribution is -0.384. The van der Waals surface area contributed by atoms with Gasteiger partial charge in [-0.05, 0) is 36.4 Å². The Hall–Kier alpha value is -2.45. The monoisotopic (exact) mass is 382 g/mol. The van der Waals surface area contributed by atoms with Crippen molar-refractivity contribution < 1.29 is 19.2 Å². The molecule has 0 aliphatic rings. The number of halogens is 1. The minimum atomic E-state index is -0.647. The van der Waals surface area contributed by atoms with Crippen LogP contribution in [0.15, 0.2) is 35.7 Å². The first-order chi connectivity index (χ1) is 12.0. The molecule has 0 aliphatic heterocycles. The predicted molar refractivity (Wildman–Crippen MR) is 95.0 cm³/mol. The Morgan fingerprint density at radius 1 is 1.32 bits per heavy atom. The first-order valence-electron chi connectivity index (χ1n) is 7.37. The lowest BCUT2D eigenvalue weighted by atomic mass is 10.2. The summed E-state index contributed by atoms with van der Waals surface area (Å²) in [5.41, 5.74) is -0.111. The van der Waals surface area contributed by atoms with Crippen LogP contribution in [-0.2, 0) is 20.7 Å². The van der Waals surface area contributed by atoms with Gasteiger partial charge in [-0.3, -0.25) is 19.7 Å². The van der Waals surface area contributed by atoms with E-state index in [1.807, 2.05) is 17.5 Å². The number of aryl methyl sites for hydroxylation is 1. The van der Waals surface area contributed by atoms with Gasteiger partial charge in [-0.2, -0.15) is 0 Å². The summed E-state index contributed by atoms with van der Waals surface area (Å²) in [6, 6.07) is 7.82. The molecule has 9 heteroatoms. The summed E-state index contributed by atoms with van der Waals surface area (Å²) in [6.45, 7) is -0.450. The first-order valence-corrected chi connectivity index (χ1v) is 8.63. The van der Waals surface area contributed by atoms with Crippen molar-refractivity contribution in [2.24, 2.45) is 0 Å². The number of nitrogens with zero attached hydrogens (tertiary/aromatic N) is 1. The molecule has 25 heavy (non-hydrogen) atoms. The van der Waals surface area contributed by atoms with Gasteiger partial charge >= 0.3 is 5.97 Å². The number of esters is 1. The highest BCUT2D eigenvalue weighted by molar-refractivity contribution is 7.09. The summed E-state index contributed by atoms with van der Waals surface area (Å²) in [5, 5.41) is 15.2. The van der Waals surface area contributed by atoms with Crippen LogP contribution < -0.4 is 5.32 Å². The second-order valence-corrected chi connectivity index (χ2v) is 6.50. The Balaban J connectivity index is 1.73. The number of carbonyl (C=O) groups is 2. The Bertz CT molecular complexity index is 764. The van der Waals surface area contributed by atoms with Crippen LogP contribution in [0.3, 0.4) is 0 Å². The highest BCUT2D eigenvalue weighted by Gasteiger charge is 2.14. The van der Waals surface area contributed by atoms with Crippen molar-refractivity contribution in [2.75, 3.05) is 11.9 Å². The van der Waals surface area contributed by atoms with Crippen LogP contribution in [0.2, 0.25) is 5.02 Å². The predicted octanol–water partition coefficient (Wildman–Crippen LogP) is 3.81. The van der Waals surface area contributed by atoms with Gasteiger partial charge in [0.25, 0.3) is 11.6 Å². The Morgan fingerprint density at radius 3 is 2.80 bits per heavy atom. The van der Waals surface area contributed by atoms with Crippen molar-refractivity contribution in [1.29, 1.82) is 0 Å². The average Bonchev–Trinajstić information content (AvgIpc) is 3.08. The van der Waals surface area contributed by atoms with Crippen molar-refractivity contribution >= 4 is 46.2 Å². The minimum Gasteiger partial charge on any atom is -0.456 e. The third-order valence-electron chi connectivity index (χ3n) is 3.18. The number of thiophene rings is 1. The molecule has 1 heterocycles. The summed E-state index contributed by atoms with van der Waals surface area (Å²) >= 11 is 7.32. The van der Waals surface area contributed by atoms with E-state index in [0.717, 1.165) is 12.5 Å². The Labute approximate surface area is 152 Å². The van der Waals surface area contributed by atoms with Crippen LogP contribution in [0, 0.1) is 10.1 Å². The SMILES string of the molecule is O=C(COC(=O)CCCc1cccs1)Nc1ccc(Cl)c([N+](=O)[O-])c1. The van der Waals surface area contributed by atoms with Crippen molar-refractivity contribution in [2.45, 2.75) is 19.3 Å². The van der Waals surface area contributed by atoms with E-state index in [2.05, 4.69) is 5.32 Å². The molecule has 0 fully saturated rings. The van der Waals surface area contributed by atoms with E-state index in [0.29, 0.717) is 6.42 Å². The van der Waals surface area contributed by atoms with Crippen molar-refractivity contribution in [3.05, 3.63) is 55.7 Å². The van der Waals surface area contributed by atoms with Gasteiger partial charge in [0, 0.05) is 23.1 Å². The number of nitrogens with one attached hydrogen (secondary N) is 1. The van der Waals surface area contributed by atoms with Crippen molar-refractivity contribution in [3.8, 4) is 0 Å². The number of amides is 1. The molecule has 132 valence electrons. The van der Waals surface area contributed by atoms with E-state index < -0.39 is 23.4 Å². The minimum absolute atomic E-state index is 0.0276. The lowest BCUT2D eigenvalue weighted by Crippen LogP contribution is -2.20. The van der Waals surface area contributed by atoms with Gasteiger partial charge in [-0.25, -0.2) is 0 Å². The number of nitro groups is 1. The molecule has 0 unspecified atom stereocenters. The lowest BCUT2D eigenvalue weighted by Gasteiger charge is -2.07. The van der Waals surface area contributed by atoms with Crippen LogP contribution in [0.1, 0.15) is 17.7 Å². The summed E-state index contributed by atoms with van der Waals surface area (Å²) < 4.78 is 4.89. The molecule has 0 saturated heterocycles. The fourth-order valence-electron chi connectivity index (χ4n) is 2.01. The Morgan fingerprint density at radius 2 is 2.12 bits per heavy atom. The molecule has 2 aromatic rings. The van der Waals surface area contributed by atoms with E-state index in [4.69, 9.17) is 16.3 Å². The molecule has 1 amide bonds. The van der Waals surface area contributed by atoms with E-state index in [1.165, 1.54) is 17.0 Å². The normalized spacial score (nSPS) is 10.3. The van der Waals surface area contributed by atoms with Crippen LogP contribution >= 0.6 is 22.9 Å². The number of carbonyl (C=O) groups excluding carboxylic acids is 2. The summed E-state index contributed by atoms with van der Waals surface area (Å²) in [4.78, 5) is 34.7. The smallest absolute Gasteiger partial charge is 0.306 e.